The summed E-state index contributed by atoms with van der Waals surface area (Å²) in [7, 11) is 4.60. The van der Waals surface area contributed by atoms with E-state index in [2.05, 4.69) is 0 Å². The molecule has 0 unspecified atom stereocenters. The fraction of sp³-hybridized carbons (Fsp3) is 0.167. The predicted octanol–water partition coefficient (Wildman–Crippen LogP) is 4.26. The zero-order valence-electron chi connectivity index (χ0n) is 13.1. The first-order valence-electron chi connectivity index (χ1n) is 6.87. The molecule has 2 rings (SSSR count). The molecule has 0 radical (unpaired) electrons. The van der Waals surface area contributed by atoms with Gasteiger partial charge in [-0.1, -0.05) is 29.8 Å². The second-order valence-corrected chi connectivity index (χ2v) is 5.06. The highest BCUT2D eigenvalue weighted by Crippen LogP contribution is 2.33. The van der Waals surface area contributed by atoms with Gasteiger partial charge in [-0.05, 0) is 29.8 Å². The van der Waals surface area contributed by atoms with Gasteiger partial charge >= 0.3 is 0 Å². The number of rotatable bonds is 6. The SMILES string of the molecule is COc1ccc(/C=C/C(=O)c2cc(Cl)c(OC)cc2OC)cc1. The summed E-state index contributed by atoms with van der Waals surface area (Å²) in [6.45, 7) is 0. The van der Waals surface area contributed by atoms with E-state index in [1.54, 1.807) is 25.3 Å². The first-order valence-corrected chi connectivity index (χ1v) is 7.24. The third-order valence-corrected chi connectivity index (χ3v) is 3.58. The van der Waals surface area contributed by atoms with E-state index in [1.165, 1.54) is 20.3 Å². The van der Waals surface area contributed by atoms with Crippen LogP contribution in [0.2, 0.25) is 5.02 Å². The quantitative estimate of drug-likeness (QED) is 0.585. The van der Waals surface area contributed by atoms with Crippen LogP contribution in [0, 0.1) is 0 Å². The Balaban J connectivity index is 2.25. The lowest BCUT2D eigenvalue weighted by Gasteiger charge is -2.10. The third kappa shape index (κ3) is 4.05. The molecule has 23 heavy (non-hydrogen) atoms. The lowest BCUT2D eigenvalue weighted by Crippen LogP contribution is -2.00. The summed E-state index contributed by atoms with van der Waals surface area (Å²) in [5.41, 5.74) is 1.26. The van der Waals surface area contributed by atoms with E-state index in [1.807, 2.05) is 24.3 Å². The van der Waals surface area contributed by atoms with Crippen molar-refractivity contribution >= 4 is 23.5 Å². The number of halogens is 1. The van der Waals surface area contributed by atoms with Crippen molar-refractivity contribution in [3.8, 4) is 17.2 Å². The second kappa shape index (κ2) is 7.70. The summed E-state index contributed by atoms with van der Waals surface area (Å²) >= 11 is 6.08. The minimum atomic E-state index is -0.206. The predicted molar refractivity (Wildman–Crippen MR) is 90.9 cm³/mol. The van der Waals surface area contributed by atoms with Gasteiger partial charge in [0.05, 0.1) is 31.9 Å². The van der Waals surface area contributed by atoms with Gasteiger partial charge in [0.2, 0.25) is 0 Å². The molecule has 0 aromatic heterocycles. The van der Waals surface area contributed by atoms with Crippen molar-refractivity contribution < 1.29 is 19.0 Å². The number of hydrogen-bond acceptors (Lipinski definition) is 4. The van der Waals surface area contributed by atoms with Crippen molar-refractivity contribution in [3.05, 3.63) is 58.6 Å². The lowest BCUT2D eigenvalue weighted by atomic mass is 10.1. The molecule has 0 amide bonds. The molecule has 0 N–H and O–H groups in total. The van der Waals surface area contributed by atoms with Crippen LogP contribution in [0.5, 0.6) is 17.2 Å². The molecule has 120 valence electrons. The van der Waals surface area contributed by atoms with Gasteiger partial charge in [-0.25, -0.2) is 0 Å². The Kier molecular flexibility index (Phi) is 5.66. The molecule has 0 bridgehead atoms. The molecule has 0 atom stereocenters. The highest BCUT2D eigenvalue weighted by Gasteiger charge is 2.14. The van der Waals surface area contributed by atoms with Gasteiger partial charge in [0.15, 0.2) is 5.78 Å². The Morgan fingerprint density at radius 2 is 1.61 bits per heavy atom. The molecule has 0 aliphatic heterocycles. The van der Waals surface area contributed by atoms with Crippen LogP contribution in [0.4, 0.5) is 0 Å². The van der Waals surface area contributed by atoms with Gasteiger partial charge in [-0.15, -0.1) is 0 Å². The standard InChI is InChI=1S/C18H17ClO4/c1-21-13-7-4-12(5-8-13)6-9-16(20)14-10-15(19)18(23-3)11-17(14)22-2/h4-11H,1-3H3/b9-6+. The highest BCUT2D eigenvalue weighted by molar-refractivity contribution is 6.32. The molecule has 0 spiro atoms. The zero-order chi connectivity index (χ0) is 16.8. The van der Waals surface area contributed by atoms with Crippen LogP contribution in [0.1, 0.15) is 15.9 Å². The van der Waals surface area contributed by atoms with Gasteiger partial charge in [-0.3, -0.25) is 4.79 Å². The lowest BCUT2D eigenvalue weighted by molar-refractivity contribution is 0.104. The normalized spacial score (nSPS) is 10.6. The number of carbonyl (C=O) groups excluding carboxylic acids is 1. The summed E-state index contributed by atoms with van der Waals surface area (Å²) in [5.74, 6) is 1.43. The van der Waals surface area contributed by atoms with Crippen LogP contribution < -0.4 is 14.2 Å². The molecule has 2 aromatic carbocycles. The Morgan fingerprint density at radius 1 is 0.957 bits per heavy atom. The number of ether oxygens (including phenoxy) is 3. The van der Waals surface area contributed by atoms with Crippen molar-refractivity contribution in [3.63, 3.8) is 0 Å². The van der Waals surface area contributed by atoms with Crippen LogP contribution in [0.3, 0.4) is 0 Å². The number of allylic oxidation sites excluding steroid dienone is 1. The van der Waals surface area contributed by atoms with E-state index in [9.17, 15) is 4.79 Å². The molecule has 2 aromatic rings. The van der Waals surface area contributed by atoms with E-state index in [4.69, 9.17) is 25.8 Å². The van der Waals surface area contributed by atoms with Crippen molar-refractivity contribution in [1.29, 1.82) is 0 Å². The van der Waals surface area contributed by atoms with Crippen LogP contribution in [0.25, 0.3) is 6.08 Å². The first kappa shape index (κ1) is 16.9. The number of benzene rings is 2. The minimum Gasteiger partial charge on any atom is -0.497 e. The first-order chi connectivity index (χ1) is 11.1. The summed E-state index contributed by atoms with van der Waals surface area (Å²) in [5, 5.41) is 0.356. The van der Waals surface area contributed by atoms with E-state index >= 15 is 0 Å². The summed E-state index contributed by atoms with van der Waals surface area (Å²) in [6.07, 6.45) is 3.20. The average molecular weight is 333 g/mol. The molecule has 4 nitrogen and oxygen atoms in total. The number of carbonyl (C=O) groups is 1. The summed E-state index contributed by atoms with van der Waals surface area (Å²) < 4.78 is 15.5. The molecular weight excluding hydrogens is 316 g/mol. The number of ketones is 1. The van der Waals surface area contributed by atoms with E-state index in [0.29, 0.717) is 22.1 Å². The zero-order valence-corrected chi connectivity index (χ0v) is 13.9. The van der Waals surface area contributed by atoms with Crippen LogP contribution in [-0.2, 0) is 0 Å². The van der Waals surface area contributed by atoms with Gasteiger partial charge < -0.3 is 14.2 Å². The minimum absolute atomic E-state index is 0.206. The van der Waals surface area contributed by atoms with E-state index in [0.717, 1.165) is 11.3 Å². The topological polar surface area (TPSA) is 44.8 Å². The molecular formula is C18H17ClO4. The monoisotopic (exact) mass is 332 g/mol. The highest BCUT2D eigenvalue weighted by atomic mass is 35.5. The van der Waals surface area contributed by atoms with Gasteiger partial charge in [0.1, 0.15) is 17.2 Å². The maximum Gasteiger partial charge on any atom is 0.189 e. The Morgan fingerprint density at radius 3 is 2.17 bits per heavy atom. The number of methoxy groups -OCH3 is 3. The fourth-order valence-corrected chi connectivity index (χ4v) is 2.27. The van der Waals surface area contributed by atoms with E-state index in [-0.39, 0.29) is 5.78 Å². The van der Waals surface area contributed by atoms with Crippen molar-refractivity contribution in [2.24, 2.45) is 0 Å². The van der Waals surface area contributed by atoms with Crippen molar-refractivity contribution in [2.45, 2.75) is 0 Å². The molecule has 0 aliphatic carbocycles. The molecule has 0 fully saturated rings. The van der Waals surface area contributed by atoms with Crippen LogP contribution in [-0.4, -0.2) is 27.1 Å². The molecule has 0 saturated heterocycles. The van der Waals surface area contributed by atoms with Crippen LogP contribution in [0.15, 0.2) is 42.5 Å². The smallest absolute Gasteiger partial charge is 0.189 e. The largest absolute Gasteiger partial charge is 0.497 e. The second-order valence-electron chi connectivity index (χ2n) is 4.66. The Labute approximate surface area is 140 Å². The third-order valence-electron chi connectivity index (χ3n) is 3.28. The van der Waals surface area contributed by atoms with Gasteiger partial charge in [0.25, 0.3) is 0 Å². The van der Waals surface area contributed by atoms with Crippen molar-refractivity contribution in [1.82, 2.24) is 0 Å². The number of hydrogen-bond donors (Lipinski definition) is 0. The van der Waals surface area contributed by atoms with Crippen molar-refractivity contribution in [2.75, 3.05) is 21.3 Å². The molecule has 0 saturated carbocycles. The van der Waals surface area contributed by atoms with Gasteiger partial charge in [0, 0.05) is 6.07 Å². The fourth-order valence-electron chi connectivity index (χ4n) is 2.03. The molecule has 5 heteroatoms. The van der Waals surface area contributed by atoms with Crippen LogP contribution >= 0.6 is 11.6 Å². The van der Waals surface area contributed by atoms with E-state index < -0.39 is 0 Å². The molecule has 0 aliphatic rings. The Bertz CT molecular complexity index is 721. The maximum atomic E-state index is 12.4. The maximum absolute atomic E-state index is 12.4. The van der Waals surface area contributed by atoms with Gasteiger partial charge in [-0.2, -0.15) is 0 Å². The summed E-state index contributed by atoms with van der Waals surface area (Å²) in [4.78, 5) is 12.4. The molecule has 0 heterocycles. The average Bonchev–Trinajstić information content (AvgIpc) is 2.59. The summed E-state index contributed by atoms with van der Waals surface area (Å²) in [6, 6.07) is 10.5. The Hall–Kier alpha value is -2.46.